The number of nitrogens with zero attached hydrogens (tertiary/aromatic N) is 6. The molecule has 3 aliphatic rings. The highest BCUT2D eigenvalue weighted by Gasteiger charge is 2.32. The molecule has 0 unspecified atom stereocenters. The van der Waals surface area contributed by atoms with Crippen LogP contribution in [-0.4, -0.2) is 58.5 Å². The summed E-state index contributed by atoms with van der Waals surface area (Å²) in [5.41, 5.74) is 3.23. The number of piperazine rings is 1. The molecule has 156 valence electrons. The lowest BCUT2D eigenvalue weighted by molar-refractivity contribution is 0.384. The molecule has 1 saturated heterocycles. The van der Waals surface area contributed by atoms with E-state index in [4.69, 9.17) is 0 Å². The van der Waals surface area contributed by atoms with E-state index in [9.17, 15) is 8.42 Å². The SMILES string of the molecule is O=S(=O)(c1ccc2c(c1)CCC2)N1CCN(c2nccn3c(C4CC4)nnc23)CC1. The topological polar surface area (TPSA) is 83.7 Å². The van der Waals surface area contributed by atoms with Crippen LogP contribution in [0.5, 0.6) is 0 Å². The number of aromatic nitrogens is 4. The third-order valence-electron chi connectivity index (χ3n) is 6.52. The van der Waals surface area contributed by atoms with Crippen molar-refractivity contribution in [1.82, 2.24) is 23.9 Å². The van der Waals surface area contributed by atoms with Gasteiger partial charge in [-0.15, -0.1) is 10.2 Å². The maximum Gasteiger partial charge on any atom is 0.243 e. The maximum atomic E-state index is 13.2. The first kappa shape index (κ1) is 18.3. The molecule has 2 aliphatic carbocycles. The molecule has 6 rings (SSSR count). The van der Waals surface area contributed by atoms with Crippen LogP contribution in [0.25, 0.3) is 5.65 Å². The van der Waals surface area contributed by atoms with Gasteiger partial charge >= 0.3 is 0 Å². The summed E-state index contributed by atoms with van der Waals surface area (Å²) in [7, 11) is -3.48. The van der Waals surface area contributed by atoms with E-state index in [0.717, 1.165) is 49.4 Å². The van der Waals surface area contributed by atoms with Crippen molar-refractivity contribution in [2.24, 2.45) is 0 Å². The second-order valence-corrected chi connectivity index (χ2v) is 10.4. The molecule has 3 aromatic rings. The highest BCUT2D eigenvalue weighted by molar-refractivity contribution is 7.89. The second kappa shape index (κ2) is 6.75. The molecule has 30 heavy (non-hydrogen) atoms. The Morgan fingerprint density at radius 2 is 1.77 bits per heavy atom. The summed E-state index contributed by atoms with van der Waals surface area (Å²) in [6.07, 6.45) is 9.17. The van der Waals surface area contributed by atoms with Crippen molar-refractivity contribution in [3.8, 4) is 0 Å². The molecule has 1 aliphatic heterocycles. The van der Waals surface area contributed by atoms with Gasteiger partial charge in [-0.25, -0.2) is 13.4 Å². The van der Waals surface area contributed by atoms with Crippen LogP contribution in [0.2, 0.25) is 0 Å². The largest absolute Gasteiger partial charge is 0.351 e. The zero-order valence-corrected chi connectivity index (χ0v) is 17.6. The third kappa shape index (κ3) is 2.91. The van der Waals surface area contributed by atoms with Crippen LogP contribution < -0.4 is 4.90 Å². The third-order valence-corrected chi connectivity index (χ3v) is 8.42. The summed E-state index contributed by atoms with van der Waals surface area (Å²) in [5.74, 6) is 2.29. The van der Waals surface area contributed by atoms with E-state index < -0.39 is 10.0 Å². The van der Waals surface area contributed by atoms with E-state index in [1.165, 1.54) is 11.1 Å². The van der Waals surface area contributed by atoms with Crippen molar-refractivity contribution in [3.63, 3.8) is 0 Å². The predicted octanol–water partition coefficient (Wildman–Crippen LogP) is 2.00. The average Bonchev–Trinajstić information content (AvgIpc) is 3.34. The van der Waals surface area contributed by atoms with Gasteiger partial charge in [0.1, 0.15) is 5.82 Å². The fraction of sp³-hybridized carbons (Fsp3) is 0.476. The van der Waals surface area contributed by atoms with Gasteiger partial charge in [0.15, 0.2) is 5.82 Å². The molecule has 0 radical (unpaired) electrons. The molecular weight excluding hydrogens is 400 g/mol. The highest BCUT2D eigenvalue weighted by atomic mass is 32.2. The number of hydrogen-bond donors (Lipinski definition) is 0. The normalized spacial score (nSPS) is 20.1. The zero-order chi connectivity index (χ0) is 20.3. The van der Waals surface area contributed by atoms with E-state index in [2.05, 4.69) is 20.1 Å². The van der Waals surface area contributed by atoms with Gasteiger partial charge in [-0.3, -0.25) is 4.40 Å². The Labute approximate surface area is 175 Å². The van der Waals surface area contributed by atoms with Crippen molar-refractivity contribution in [2.75, 3.05) is 31.1 Å². The van der Waals surface area contributed by atoms with E-state index in [0.29, 0.717) is 37.0 Å². The monoisotopic (exact) mass is 424 g/mol. The first-order valence-electron chi connectivity index (χ1n) is 10.7. The molecule has 0 amide bonds. The van der Waals surface area contributed by atoms with E-state index in [1.54, 1.807) is 16.6 Å². The van der Waals surface area contributed by atoms with Gasteiger partial charge in [0, 0.05) is 44.5 Å². The maximum absolute atomic E-state index is 13.2. The van der Waals surface area contributed by atoms with Crippen molar-refractivity contribution in [3.05, 3.63) is 47.5 Å². The predicted molar refractivity (Wildman–Crippen MR) is 112 cm³/mol. The molecule has 0 spiro atoms. The molecular formula is C21H24N6O2S. The Hall–Kier alpha value is -2.52. The lowest BCUT2D eigenvalue weighted by Gasteiger charge is -2.34. The number of sulfonamides is 1. The fourth-order valence-corrected chi connectivity index (χ4v) is 6.15. The molecule has 3 heterocycles. The van der Waals surface area contributed by atoms with Crippen molar-refractivity contribution >= 4 is 21.5 Å². The number of hydrogen-bond acceptors (Lipinski definition) is 6. The van der Waals surface area contributed by atoms with Crippen LogP contribution in [0.15, 0.2) is 35.5 Å². The minimum absolute atomic E-state index is 0.420. The number of benzene rings is 1. The van der Waals surface area contributed by atoms with Crippen molar-refractivity contribution in [1.29, 1.82) is 0 Å². The van der Waals surface area contributed by atoms with Crippen molar-refractivity contribution in [2.45, 2.75) is 42.9 Å². The van der Waals surface area contributed by atoms with E-state index >= 15 is 0 Å². The summed E-state index contributed by atoms with van der Waals surface area (Å²) in [4.78, 5) is 7.08. The molecule has 0 atom stereocenters. The standard InChI is InChI=1S/C21H24N6O2S/c28-30(29,18-7-6-15-2-1-3-17(15)14-18)26-12-10-25(11-13-26)20-21-24-23-19(16-4-5-16)27(21)9-8-22-20/h6-9,14,16H,1-5,10-13H2. The molecule has 0 N–H and O–H groups in total. The number of anilines is 1. The first-order valence-corrected chi connectivity index (χ1v) is 12.1. The van der Waals surface area contributed by atoms with Crippen LogP contribution in [0.4, 0.5) is 5.82 Å². The van der Waals surface area contributed by atoms with Gasteiger partial charge in [0.25, 0.3) is 0 Å². The number of aryl methyl sites for hydroxylation is 2. The molecule has 8 nitrogen and oxygen atoms in total. The molecule has 0 bridgehead atoms. The minimum Gasteiger partial charge on any atom is -0.351 e. The zero-order valence-electron chi connectivity index (χ0n) is 16.7. The molecule has 1 saturated carbocycles. The Kier molecular flexibility index (Phi) is 4.11. The minimum atomic E-state index is -3.48. The van der Waals surface area contributed by atoms with Crippen LogP contribution in [0.1, 0.15) is 42.1 Å². The van der Waals surface area contributed by atoms with Gasteiger partial charge in [-0.1, -0.05) is 6.07 Å². The van der Waals surface area contributed by atoms with Gasteiger partial charge in [0.05, 0.1) is 4.90 Å². The number of rotatable bonds is 4. The molecule has 1 aromatic carbocycles. The Bertz CT molecular complexity index is 1230. The smallest absolute Gasteiger partial charge is 0.243 e. The molecule has 2 aromatic heterocycles. The lowest BCUT2D eigenvalue weighted by Crippen LogP contribution is -2.49. The Morgan fingerprint density at radius 1 is 0.967 bits per heavy atom. The summed E-state index contributed by atoms with van der Waals surface area (Å²) < 4.78 is 30.0. The number of fused-ring (bicyclic) bond motifs is 2. The van der Waals surface area contributed by atoms with Crippen LogP contribution in [0.3, 0.4) is 0 Å². The van der Waals surface area contributed by atoms with E-state index in [-0.39, 0.29) is 0 Å². The van der Waals surface area contributed by atoms with Crippen molar-refractivity contribution < 1.29 is 8.42 Å². The van der Waals surface area contributed by atoms with Gasteiger partial charge in [-0.05, 0) is 55.4 Å². The Balaban J connectivity index is 1.22. The van der Waals surface area contributed by atoms with Crippen LogP contribution >= 0.6 is 0 Å². The molecule has 9 heteroatoms. The summed E-state index contributed by atoms with van der Waals surface area (Å²) in [6, 6.07) is 5.63. The van der Waals surface area contributed by atoms with Gasteiger partial charge in [-0.2, -0.15) is 4.31 Å². The summed E-state index contributed by atoms with van der Waals surface area (Å²) in [5, 5.41) is 8.76. The van der Waals surface area contributed by atoms with E-state index in [1.807, 2.05) is 22.7 Å². The van der Waals surface area contributed by atoms with Crippen LogP contribution in [-0.2, 0) is 22.9 Å². The fourth-order valence-electron chi connectivity index (χ4n) is 4.67. The van der Waals surface area contributed by atoms with Gasteiger partial charge < -0.3 is 4.90 Å². The quantitative estimate of drug-likeness (QED) is 0.637. The summed E-state index contributed by atoms with van der Waals surface area (Å²) in [6.45, 7) is 2.04. The molecule has 2 fully saturated rings. The first-order chi connectivity index (χ1) is 14.6. The lowest BCUT2D eigenvalue weighted by atomic mass is 10.1. The van der Waals surface area contributed by atoms with Crippen LogP contribution in [0, 0.1) is 0 Å². The van der Waals surface area contributed by atoms with Gasteiger partial charge in [0.2, 0.25) is 15.7 Å². The average molecular weight is 425 g/mol. The Morgan fingerprint density at radius 3 is 2.57 bits per heavy atom. The second-order valence-electron chi connectivity index (χ2n) is 8.45. The highest BCUT2D eigenvalue weighted by Crippen LogP contribution is 2.39. The summed E-state index contributed by atoms with van der Waals surface area (Å²) >= 11 is 0.